The maximum atomic E-state index is 13.0. The summed E-state index contributed by atoms with van der Waals surface area (Å²) in [6.45, 7) is 2.48. The summed E-state index contributed by atoms with van der Waals surface area (Å²) >= 11 is 0. The van der Waals surface area contributed by atoms with E-state index in [1.807, 2.05) is 37.3 Å². The quantitative estimate of drug-likeness (QED) is 0.650. The number of phenols is 1. The standard InChI is InChI=1S/C21H21N3O3/c1-13-7-9-14(10-8-13)20-17-18(15-5-2-3-6-16(15)26)22-23-19(17)21(27)24(20)11-4-12-25/h2-3,5-10,20,25-26H,4,11-12H2,1H3,(H,22,23)/t20-/m1/s1. The average molecular weight is 363 g/mol. The summed E-state index contributed by atoms with van der Waals surface area (Å²) in [7, 11) is 0. The molecule has 1 atom stereocenters. The van der Waals surface area contributed by atoms with Gasteiger partial charge in [0.05, 0.1) is 6.04 Å². The number of aromatic nitrogens is 2. The molecule has 3 N–H and O–H groups in total. The SMILES string of the molecule is Cc1ccc([C@@H]2c3c(-c4ccccc4O)n[nH]c3C(=O)N2CCCO)cc1. The van der Waals surface area contributed by atoms with Crippen molar-refractivity contribution in [2.24, 2.45) is 0 Å². The van der Waals surface area contributed by atoms with Crippen molar-refractivity contribution in [3.63, 3.8) is 0 Å². The van der Waals surface area contributed by atoms with Crippen molar-refractivity contribution in [1.82, 2.24) is 15.1 Å². The minimum absolute atomic E-state index is 0.0168. The third-order valence-electron chi connectivity index (χ3n) is 4.97. The minimum atomic E-state index is -0.312. The van der Waals surface area contributed by atoms with E-state index in [-0.39, 0.29) is 24.3 Å². The summed E-state index contributed by atoms with van der Waals surface area (Å²) in [5.74, 6) is -0.0195. The van der Waals surface area contributed by atoms with Crippen LogP contribution in [0.4, 0.5) is 0 Å². The molecule has 2 aromatic carbocycles. The summed E-state index contributed by atoms with van der Waals surface area (Å²) in [4.78, 5) is 14.8. The van der Waals surface area contributed by atoms with Crippen LogP contribution in [-0.2, 0) is 0 Å². The fraction of sp³-hybridized carbons (Fsp3) is 0.238. The first-order valence-electron chi connectivity index (χ1n) is 8.97. The molecule has 3 aromatic rings. The van der Waals surface area contributed by atoms with Crippen molar-refractivity contribution in [2.75, 3.05) is 13.2 Å². The molecule has 0 saturated carbocycles. The number of para-hydroxylation sites is 1. The Balaban J connectivity index is 1.88. The van der Waals surface area contributed by atoms with Gasteiger partial charge in [-0.25, -0.2) is 0 Å². The molecule has 1 amide bonds. The molecule has 0 saturated heterocycles. The van der Waals surface area contributed by atoms with Gasteiger partial charge in [-0.2, -0.15) is 5.10 Å². The number of nitrogens with zero attached hydrogens (tertiary/aromatic N) is 2. The van der Waals surface area contributed by atoms with Gasteiger partial charge in [0.25, 0.3) is 5.91 Å². The number of H-pyrrole nitrogens is 1. The van der Waals surface area contributed by atoms with Crippen LogP contribution in [0.25, 0.3) is 11.3 Å². The van der Waals surface area contributed by atoms with Crippen LogP contribution in [0, 0.1) is 6.92 Å². The lowest BCUT2D eigenvalue weighted by Crippen LogP contribution is -2.31. The normalized spacial score (nSPS) is 16.0. The van der Waals surface area contributed by atoms with Crippen LogP contribution in [0.15, 0.2) is 48.5 Å². The van der Waals surface area contributed by atoms with Crippen LogP contribution in [0.2, 0.25) is 0 Å². The lowest BCUT2D eigenvalue weighted by molar-refractivity contribution is 0.0732. The summed E-state index contributed by atoms with van der Waals surface area (Å²) < 4.78 is 0. The van der Waals surface area contributed by atoms with Crippen LogP contribution < -0.4 is 0 Å². The van der Waals surface area contributed by atoms with Crippen molar-refractivity contribution in [3.8, 4) is 17.0 Å². The Labute approximate surface area is 157 Å². The van der Waals surface area contributed by atoms with Gasteiger partial charge in [0.1, 0.15) is 17.1 Å². The number of hydrogen-bond donors (Lipinski definition) is 3. The molecule has 0 radical (unpaired) electrons. The monoisotopic (exact) mass is 363 g/mol. The number of nitrogens with one attached hydrogen (secondary N) is 1. The molecule has 0 unspecified atom stereocenters. The van der Waals surface area contributed by atoms with E-state index in [2.05, 4.69) is 10.2 Å². The summed E-state index contributed by atoms with van der Waals surface area (Å²) in [5, 5.41) is 26.8. The van der Waals surface area contributed by atoms with Gasteiger partial charge in [-0.3, -0.25) is 9.89 Å². The number of aromatic amines is 1. The average Bonchev–Trinajstić information content (AvgIpc) is 3.21. The summed E-state index contributed by atoms with van der Waals surface area (Å²) in [6, 6.07) is 14.7. The van der Waals surface area contributed by atoms with Crippen LogP contribution >= 0.6 is 0 Å². The lowest BCUT2D eigenvalue weighted by Gasteiger charge is -2.26. The van der Waals surface area contributed by atoms with Crippen molar-refractivity contribution < 1.29 is 15.0 Å². The van der Waals surface area contributed by atoms with Gasteiger partial charge in [-0.1, -0.05) is 42.0 Å². The molecule has 27 heavy (non-hydrogen) atoms. The molecule has 0 fully saturated rings. The van der Waals surface area contributed by atoms with E-state index >= 15 is 0 Å². The predicted octanol–water partition coefficient (Wildman–Crippen LogP) is 3.02. The Kier molecular flexibility index (Phi) is 4.41. The molecule has 1 aliphatic heterocycles. The summed E-state index contributed by atoms with van der Waals surface area (Å²) in [5.41, 5.74) is 4.49. The topological polar surface area (TPSA) is 89.5 Å². The summed E-state index contributed by atoms with van der Waals surface area (Å²) in [6.07, 6.45) is 0.498. The zero-order valence-corrected chi connectivity index (χ0v) is 15.0. The smallest absolute Gasteiger partial charge is 0.273 e. The third kappa shape index (κ3) is 2.88. The molecular formula is C21H21N3O3. The molecule has 6 heteroatoms. The second-order valence-corrected chi connectivity index (χ2v) is 6.77. The number of carbonyl (C=O) groups excluding carboxylic acids is 1. The van der Waals surface area contributed by atoms with Gasteiger partial charge in [0.15, 0.2) is 0 Å². The zero-order valence-electron chi connectivity index (χ0n) is 15.0. The molecule has 1 aromatic heterocycles. The second kappa shape index (κ2) is 6.89. The number of aromatic hydroxyl groups is 1. The van der Waals surface area contributed by atoms with E-state index in [1.165, 1.54) is 0 Å². The van der Waals surface area contributed by atoms with E-state index in [0.29, 0.717) is 29.9 Å². The van der Waals surface area contributed by atoms with Gasteiger partial charge in [0.2, 0.25) is 0 Å². The first-order chi connectivity index (χ1) is 13.1. The number of aryl methyl sites for hydroxylation is 1. The van der Waals surface area contributed by atoms with Crippen molar-refractivity contribution in [1.29, 1.82) is 0 Å². The number of aliphatic hydroxyl groups is 1. The first kappa shape index (κ1) is 17.3. The van der Waals surface area contributed by atoms with E-state index in [9.17, 15) is 15.0 Å². The second-order valence-electron chi connectivity index (χ2n) is 6.77. The highest BCUT2D eigenvalue weighted by Crippen LogP contribution is 2.44. The fourth-order valence-electron chi connectivity index (χ4n) is 3.64. The predicted molar refractivity (Wildman–Crippen MR) is 101 cm³/mol. The van der Waals surface area contributed by atoms with Crippen LogP contribution in [0.5, 0.6) is 5.75 Å². The van der Waals surface area contributed by atoms with Crippen molar-refractivity contribution in [3.05, 3.63) is 70.9 Å². The Morgan fingerprint density at radius 1 is 1.15 bits per heavy atom. The molecule has 2 heterocycles. The van der Waals surface area contributed by atoms with Crippen LogP contribution in [0.1, 0.15) is 39.6 Å². The van der Waals surface area contributed by atoms with E-state index in [0.717, 1.165) is 16.7 Å². The molecule has 0 aliphatic carbocycles. The molecule has 0 bridgehead atoms. The Morgan fingerprint density at radius 3 is 2.59 bits per heavy atom. The minimum Gasteiger partial charge on any atom is -0.507 e. The number of rotatable bonds is 5. The van der Waals surface area contributed by atoms with Crippen molar-refractivity contribution >= 4 is 5.91 Å². The maximum absolute atomic E-state index is 13.0. The largest absolute Gasteiger partial charge is 0.507 e. The highest BCUT2D eigenvalue weighted by molar-refractivity contribution is 6.00. The molecule has 0 spiro atoms. The lowest BCUT2D eigenvalue weighted by atomic mass is 9.95. The Bertz CT molecular complexity index is 979. The molecule has 6 nitrogen and oxygen atoms in total. The highest BCUT2D eigenvalue weighted by atomic mass is 16.3. The van der Waals surface area contributed by atoms with Crippen LogP contribution in [0.3, 0.4) is 0 Å². The van der Waals surface area contributed by atoms with Gasteiger partial charge >= 0.3 is 0 Å². The number of aliphatic hydroxyl groups excluding tert-OH is 1. The Morgan fingerprint density at radius 2 is 1.89 bits per heavy atom. The molecule has 138 valence electrons. The first-order valence-corrected chi connectivity index (χ1v) is 8.97. The maximum Gasteiger partial charge on any atom is 0.273 e. The molecule has 4 rings (SSSR count). The van der Waals surface area contributed by atoms with Gasteiger partial charge < -0.3 is 15.1 Å². The van der Waals surface area contributed by atoms with Gasteiger partial charge in [0, 0.05) is 24.3 Å². The van der Waals surface area contributed by atoms with E-state index < -0.39 is 0 Å². The number of carbonyl (C=O) groups is 1. The zero-order chi connectivity index (χ0) is 19.0. The van der Waals surface area contributed by atoms with Crippen molar-refractivity contribution in [2.45, 2.75) is 19.4 Å². The number of hydrogen-bond acceptors (Lipinski definition) is 4. The Hall–Kier alpha value is -3.12. The number of phenolic OH excluding ortho intramolecular Hbond substituents is 1. The number of fused-ring (bicyclic) bond motifs is 1. The third-order valence-corrected chi connectivity index (χ3v) is 4.97. The van der Waals surface area contributed by atoms with E-state index in [4.69, 9.17) is 0 Å². The molecular weight excluding hydrogens is 342 g/mol. The fourth-order valence-corrected chi connectivity index (χ4v) is 3.64. The highest BCUT2D eigenvalue weighted by Gasteiger charge is 2.42. The van der Waals surface area contributed by atoms with E-state index in [1.54, 1.807) is 23.1 Å². The number of benzene rings is 2. The molecule has 1 aliphatic rings. The van der Waals surface area contributed by atoms with Gasteiger partial charge in [-0.05, 0) is 31.0 Å². The number of amides is 1. The van der Waals surface area contributed by atoms with Gasteiger partial charge in [-0.15, -0.1) is 0 Å². The van der Waals surface area contributed by atoms with Crippen LogP contribution in [-0.4, -0.2) is 44.4 Å².